The number of hydrogen-bond acceptors (Lipinski definition) is 4. The van der Waals surface area contributed by atoms with E-state index in [9.17, 15) is 5.11 Å². The number of rotatable bonds is 1. The summed E-state index contributed by atoms with van der Waals surface area (Å²) in [5, 5.41) is 18.8. The van der Waals surface area contributed by atoms with E-state index in [-0.39, 0.29) is 18.9 Å². The van der Waals surface area contributed by atoms with Crippen molar-refractivity contribution in [1.29, 1.82) is 5.26 Å². The van der Waals surface area contributed by atoms with E-state index in [1.807, 2.05) is 33.8 Å². The van der Waals surface area contributed by atoms with Gasteiger partial charge in [0, 0.05) is 11.8 Å². The van der Waals surface area contributed by atoms with Crippen molar-refractivity contribution in [2.75, 3.05) is 13.2 Å². The molecule has 100 valence electrons. The molecule has 0 radical (unpaired) electrons. The van der Waals surface area contributed by atoms with Crippen LogP contribution < -0.4 is 0 Å². The summed E-state index contributed by atoms with van der Waals surface area (Å²) in [6.07, 6.45) is 1.42. The van der Waals surface area contributed by atoms with Crippen LogP contribution >= 0.6 is 11.6 Å². The summed E-state index contributed by atoms with van der Waals surface area (Å²) in [5.74, 6) is 0. The van der Waals surface area contributed by atoms with Crippen molar-refractivity contribution in [1.82, 2.24) is 4.98 Å². The molecule has 18 heavy (non-hydrogen) atoms. The molecule has 1 aliphatic rings. The predicted octanol–water partition coefficient (Wildman–Crippen LogP) is 2.88. The van der Waals surface area contributed by atoms with E-state index in [1.54, 1.807) is 0 Å². The normalized spacial score (nSPS) is 14.9. The molecule has 2 rings (SSSR count). The van der Waals surface area contributed by atoms with Crippen molar-refractivity contribution in [3.63, 3.8) is 0 Å². The van der Waals surface area contributed by atoms with Crippen molar-refractivity contribution in [2.45, 2.75) is 33.3 Å². The fourth-order valence-electron chi connectivity index (χ4n) is 1.29. The monoisotopic (exact) mass is 270 g/mol. The minimum atomic E-state index is -1.03. The smallest absolute Gasteiger partial charge is 0.141 e. The van der Waals surface area contributed by atoms with Gasteiger partial charge in [-0.15, -0.1) is 0 Å². The van der Waals surface area contributed by atoms with E-state index in [0.717, 1.165) is 0 Å². The summed E-state index contributed by atoms with van der Waals surface area (Å²) in [5.41, 5.74) is -0.273. The molecule has 0 spiro atoms. The molecular formula is C13H19ClN2O2. The number of nitrogens with zero attached hydrogens (tertiary/aromatic N) is 2. The Morgan fingerprint density at radius 2 is 1.94 bits per heavy atom. The Bertz CT molecular complexity index is 412. The molecule has 1 aliphatic heterocycles. The van der Waals surface area contributed by atoms with Gasteiger partial charge in [-0.3, -0.25) is 0 Å². The van der Waals surface area contributed by atoms with Crippen LogP contribution in [0.3, 0.4) is 0 Å². The molecule has 1 fully saturated rings. The van der Waals surface area contributed by atoms with E-state index in [4.69, 9.17) is 21.6 Å². The number of hydrogen-bond donors (Lipinski definition) is 1. The van der Waals surface area contributed by atoms with Crippen molar-refractivity contribution < 1.29 is 9.84 Å². The van der Waals surface area contributed by atoms with Crippen LogP contribution in [0, 0.1) is 11.3 Å². The maximum Gasteiger partial charge on any atom is 0.141 e. The maximum absolute atomic E-state index is 9.89. The fraction of sp³-hybridized carbons (Fsp3) is 0.538. The van der Waals surface area contributed by atoms with E-state index in [1.165, 1.54) is 12.3 Å². The lowest BCUT2D eigenvalue weighted by Crippen LogP contribution is -2.46. The van der Waals surface area contributed by atoms with E-state index >= 15 is 0 Å². The van der Waals surface area contributed by atoms with Gasteiger partial charge >= 0.3 is 0 Å². The number of aliphatic hydroxyl groups is 1. The fourth-order valence-corrected chi connectivity index (χ4v) is 1.61. The third kappa shape index (κ3) is 3.67. The van der Waals surface area contributed by atoms with Crippen molar-refractivity contribution in [2.24, 2.45) is 0 Å². The Morgan fingerprint density at radius 3 is 2.28 bits per heavy atom. The largest absolute Gasteiger partial charge is 0.380 e. The van der Waals surface area contributed by atoms with Crippen LogP contribution in [0.5, 0.6) is 0 Å². The summed E-state index contributed by atoms with van der Waals surface area (Å²) < 4.78 is 4.90. The Morgan fingerprint density at radius 1 is 1.39 bits per heavy atom. The highest BCUT2D eigenvalue weighted by Crippen LogP contribution is 2.33. The third-order valence-corrected chi connectivity index (χ3v) is 2.46. The van der Waals surface area contributed by atoms with E-state index < -0.39 is 5.60 Å². The van der Waals surface area contributed by atoms with Crippen LogP contribution in [0.4, 0.5) is 0 Å². The summed E-state index contributed by atoms with van der Waals surface area (Å²) in [6.45, 7) is 8.45. The zero-order valence-electron chi connectivity index (χ0n) is 11.2. The second-order valence-corrected chi connectivity index (χ2v) is 3.59. The molecule has 0 bridgehead atoms. The molecule has 0 atom stereocenters. The number of halogens is 1. The minimum absolute atomic E-state index is 0.223. The summed E-state index contributed by atoms with van der Waals surface area (Å²) in [6, 6.07) is 3.31. The van der Waals surface area contributed by atoms with Crippen LogP contribution in [0.25, 0.3) is 0 Å². The first-order valence-corrected chi connectivity index (χ1v) is 6.40. The van der Waals surface area contributed by atoms with Crippen molar-refractivity contribution in [3.05, 3.63) is 28.5 Å². The molecule has 4 nitrogen and oxygen atoms in total. The summed E-state index contributed by atoms with van der Waals surface area (Å²) in [4.78, 5) is 3.85. The quantitative estimate of drug-likeness (QED) is 0.852. The Hall–Kier alpha value is -1.15. The molecule has 0 aliphatic carbocycles. The zero-order chi connectivity index (χ0) is 14.2. The standard InChI is InChI=1S/C9H7ClN2O2.2C2H6/c10-8-1-6(2-11)12-3-7(8)9(13)4-14-5-9;2*1-2/h1,3,13H,4-5H2;2*1-2H3. The molecule has 1 N–H and O–H groups in total. The molecular weight excluding hydrogens is 252 g/mol. The van der Waals surface area contributed by atoms with Gasteiger partial charge in [0.15, 0.2) is 0 Å². The first-order chi connectivity index (χ1) is 8.65. The van der Waals surface area contributed by atoms with Crippen molar-refractivity contribution in [3.8, 4) is 6.07 Å². The summed E-state index contributed by atoms with van der Waals surface area (Å²) in [7, 11) is 0. The molecule has 1 saturated heterocycles. The van der Waals surface area contributed by atoms with Gasteiger partial charge < -0.3 is 9.84 Å². The van der Waals surface area contributed by atoms with E-state index in [0.29, 0.717) is 10.6 Å². The van der Waals surface area contributed by atoms with Crippen molar-refractivity contribution >= 4 is 11.6 Å². The van der Waals surface area contributed by atoms with Crippen LogP contribution in [0.15, 0.2) is 12.3 Å². The lowest BCUT2D eigenvalue weighted by molar-refractivity contribution is -0.184. The number of nitriles is 1. The molecule has 0 amide bonds. The van der Waals surface area contributed by atoms with Crippen LogP contribution in [0.1, 0.15) is 39.0 Å². The van der Waals surface area contributed by atoms with Crippen LogP contribution in [-0.2, 0) is 10.3 Å². The third-order valence-electron chi connectivity index (χ3n) is 2.15. The first kappa shape index (κ1) is 16.9. The number of ether oxygens (including phenoxy) is 1. The highest BCUT2D eigenvalue weighted by molar-refractivity contribution is 6.31. The predicted molar refractivity (Wildman–Crippen MR) is 71.4 cm³/mol. The minimum Gasteiger partial charge on any atom is -0.380 e. The van der Waals surface area contributed by atoms with Gasteiger partial charge in [-0.25, -0.2) is 4.98 Å². The Labute approximate surface area is 113 Å². The topological polar surface area (TPSA) is 66.1 Å². The average Bonchev–Trinajstić information content (AvgIpc) is 2.40. The Balaban J connectivity index is 0.000000659. The second-order valence-electron chi connectivity index (χ2n) is 3.19. The number of pyridine rings is 1. The highest BCUT2D eigenvalue weighted by atomic mass is 35.5. The first-order valence-electron chi connectivity index (χ1n) is 6.02. The van der Waals surface area contributed by atoms with Gasteiger partial charge in [-0.1, -0.05) is 39.3 Å². The van der Waals surface area contributed by atoms with Gasteiger partial charge in [0.25, 0.3) is 0 Å². The van der Waals surface area contributed by atoms with Gasteiger partial charge in [-0.05, 0) is 6.07 Å². The molecule has 0 unspecified atom stereocenters. The maximum atomic E-state index is 9.89. The molecule has 0 aromatic carbocycles. The SMILES string of the molecule is CC.CC.N#Cc1cc(Cl)c(C2(O)COC2)cn1. The number of aromatic nitrogens is 1. The lowest BCUT2D eigenvalue weighted by Gasteiger charge is -2.36. The molecule has 5 heteroatoms. The van der Waals surface area contributed by atoms with Gasteiger partial charge in [0.1, 0.15) is 17.4 Å². The highest BCUT2D eigenvalue weighted by Gasteiger charge is 2.39. The lowest BCUT2D eigenvalue weighted by atomic mass is 9.93. The molecule has 2 heterocycles. The Kier molecular flexibility index (Phi) is 7.53. The van der Waals surface area contributed by atoms with E-state index in [2.05, 4.69) is 4.98 Å². The van der Waals surface area contributed by atoms with Gasteiger partial charge in [0.05, 0.1) is 18.2 Å². The zero-order valence-corrected chi connectivity index (χ0v) is 12.0. The average molecular weight is 271 g/mol. The van der Waals surface area contributed by atoms with Gasteiger partial charge in [-0.2, -0.15) is 5.26 Å². The second kappa shape index (κ2) is 8.04. The van der Waals surface area contributed by atoms with Crippen LogP contribution in [0.2, 0.25) is 5.02 Å². The molecule has 0 saturated carbocycles. The van der Waals surface area contributed by atoms with Gasteiger partial charge in [0.2, 0.25) is 0 Å². The molecule has 1 aromatic heterocycles. The summed E-state index contributed by atoms with van der Waals surface area (Å²) >= 11 is 5.90. The van der Waals surface area contributed by atoms with Crippen LogP contribution in [-0.4, -0.2) is 23.3 Å². The molecule has 1 aromatic rings.